The van der Waals surface area contributed by atoms with Gasteiger partial charge in [-0.3, -0.25) is 0 Å². The normalized spacial score (nSPS) is 10.4. The van der Waals surface area contributed by atoms with E-state index in [1.165, 1.54) is 11.6 Å². The van der Waals surface area contributed by atoms with Crippen molar-refractivity contribution in [1.29, 1.82) is 0 Å². The molecule has 1 nitrogen and oxygen atoms in total. The Morgan fingerprint density at radius 3 is 2.88 bits per heavy atom. The van der Waals surface area contributed by atoms with Gasteiger partial charge < -0.3 is 5.32 Å². The van der Waals surface area contributed by atoms with Crippen LogP contribution in [0.1, 0.15) is 11.1 Å². The van der Waals surface area contributed by atoms with E-state index >= 15 is 0 Å². The van der Waals surface area contributed by atoms with Gasteiger partial charge in [-0.1, -0.05) is 15.9 Å². The van der Waals surface area contributed by atoms with Crippen LogP contribution < -0.4 is 5.32 Å². The molecule has 2 rings (SSSR count). The molecule has 0 amide bonds. The van der Waals surface area contributed by atoms with E-state index in [0.29, 0.717) is 6.54 Å². The van der Waals surface area contributed by atoms with Crippen LogP contribution in [0.3, 0.4) is 0 Å². The fourth-order valence-corrected chi connectivity index (χ4v) is 2.60. The van der Waals surface area contributed by atoms with Gasteiger partial charge in [0, 0.05) is 22.1 Å². The molecule has 1 aromatic heterocycles. The topological polar surface area (TPSA) is 12.0 Å². The molecule has 0 spiro atoms. The molecule has 0 bridgehead atoms. The Morgan fingerprint density at radius 2 is 2.19 bits per heavy atom. The first-order valence-electron chi connectivity index (χ1n) is 4.87. The Hall–Kier alpha value is -0.870. The maximum Gasteiger partial charge on any atom is 0.123 e. The number of halogens is 2. The first-order valence-corrected chi connectivity index (χ1v) is 6.61. The zero-order valence-corrected chi connectivity index (χ0v) is 11.2. The molecule has 0 aliphatic rings. The highest BCUT2D eigenvalue weighted by atomic mass is 79.9. The van der Waals surface area contributed by atoms with Gasteiger partial charge in [0.15, 0.2) is 0 Å². The molecule has 0 unspecified atom stereocenters. The molecule has 1 N–H and O–H groups in total. The molecule has 0 aliphatic carbocycles. The van der Waals surface area contributed by atoms with Gasteiger partial charge in [-0.25, -0.2) is 4.39 Å². The van der Waals surface area contributed by atoms with Gasteiger partial charge in [0.1, 0.15) is 5.82 Å². The Balaban J connectivity index is 2.10. The predicted octanol–water partition coefficient (Wildman–Crippen LogP) is 4.57. The molecule has 84 valence electrons. The lowest BCUT2D eigenvalue weighted by Crippen LogP contribution is -2.00. The van der Waals surface area contributed by atoms with Crippen molar-refractivity contribution in [2.45, 2.75) is 13.5 Å². The van der Waals surface area contributed by atoms with Crippen molar-refractivity contribution in [3.05, 3.63) is 50.4 Å². The Kier molecular flexibility index (Phi) is 3.61. The molecule has 1 heterocycles. The summed E-state index contributed by atoms with van der Waals surface area (Å²) < 4.78 is 14.0. The molecule has 2 aromatic rings. The van der Waals surface area contributed by atoms with E-state index in [9.17, 15) is 4.39 Å². The van der Waals surface area contributed by atoms with Crippen molar-refractivity contribution in [1.82, 2.24) is 0 Å². The van der Waals surface area contributed by atoms with Crippen LogP contribution in [0.15, 0.2) is 33.4 Å². The highest BCUT2D eigenvalue weighted by Crippen LogP contribution is 2.23. The zero-order chi connectivity index (χ0) is 11.5. The van der Waals surface area contributed by atoms with Crippen LogP contribution in [0, 0.1) is 12.7 Å². The van der Waals surface area contributed by atoms with E-state index in [4.69, 9.17) is 0 Å². The lowest BCUT2D eigenvalue weighted by Gasteiger charge is -2.07. The van der Waals surface area contributed by atoms with Crippen LogP contribution in [-0.2, 0) is 6.54 Å². The molecule has 0 radical (unpaired) electrons. The van der Waals surface area contributed by atoms with Crippen LogP contribution in [0.5, 0.6) is 0 Å². The minimum absolute atomic E-state index is 0.206. The molecular formula is C12H11BrFNS. The average Bonchev–Trinajstić information content (AvgIpc) is 2.66. The third kappa shape index (κ3) is 2.62. The third-order valence-corrected chi connectivity index (χ3v) is 3.97. The standard InChI is InChI=1S/C12H11BrFNS/c1-8-6-16-7-12(8)15-5-9-4-10(14)2-3-11(9)13/h2-4,6-7,15H,5H2,1H3. The van der Waals surface area contributed by atoms with Gasteiger partial charge in [0.05, 0.1) is 0 Å². The minimum atomic E-state index is -0.206. The number of nitrogens with one attached hydrogen (secondary N) is 1. The molecular weight excluding hydrogens is 289 g/mol. The van der Waals surface area contributed by atoms with Crippen LogP contribution in [-0.4, -0.2) is 0 Å². The van der Waals surface area contributed by atoms with Gasteiger partial charge in [0.2, 0.25) is 0 Å². The minimum Gasteiger partial charge on any atom is -0.380 e. The summed E-state index contributed by atoms with van der Waals surface area (Å²) in [6, 6.07) is 4.72. The summed E-state index contributed by atoms with van der Waals surface area (Å²) in [6.45, 7) is 2.68. The van der Waals surface area contributed by atoms with E-state index in [2.05, 4.69) is 38.9 Å². The van der Waals surface area contributed by atoms with Gasteiger partial charge >= 0.3 is 0 Å². The summed E-state index contributed by atoms with van der Waals surface area (Å²) >= 11 is 5.07. The maximum atomic E-state index is 13.0. The summed E-state index contributed by atoms with van der Waals surface area (Å²) in [6.07, 6.45) is 0. The second kappa shape index (κ2) is 4.97. The number of rotatable bonds is 3. The Morgan fingerprint density at radius 1 is 1.38 bits per heavy atom. The fraction of sp³-hybridized carbons (Fsp3) is 0.167. The molecule has 1 aromatic carbocycles. The van der Waals surface area contributed by atoms with E-state index in [1.54, 1.807) is 23.5 Å². The smallest absolute Gasteiger partial charge is 0.123 e. The summed E-state index contributed by atoms with van der Waals surface area (Å²) in [7, 11) is 0. The van der Waals surface area contributed by atoms with Gasteiger partial charge in [-0.2, -0.15) is 0 Å². The fourth-order valence-electron chi connectivity index (χ4n) is 1.41. The molecule has 16 heavy (non-hydrogen) atoms. The van der Waals surface area contributed by atoms with Gasteiger partial charge in [-0.15, -0.1) is 11.3 Å². The van der Waals surface area contributed by atoms with E-state index < -0.39 is 0 Å². The number of thiophene rings is 1. The monoisotopic (exact) mass is 299 g/mol. The molecule has 0 fully saturated rings. The van der Waals surface area contributed by atoms with Crippen molar-refractivity contribution in [3.8, 4) is 0 Å². The van der Waals surface area contributed by atoms with Gasteiger partial charge in [0.25, 0.3) is 0 Å². The van der Waals surface area contributed by atoms with E-state index in [1.807, 2.05) is 0 Å². The van der Waals surface area contributed by atoms with Crippen LogP contribution in [0.4, 0.5) is 10.1 Å². The zero-order valence-electron chi connectivity index (χ0n) is 8.76. The Labute approximate surface area is 106 Å². The number of hydrogen-bond donors (Lipinski definition) is 1. The summed E-state index contributed by atoms with van der Waals surface area (Å²) in [5.74, 6) is -0.206. The second-order valence-corrected chi connectivity index (χ2v) is 5.16. The van der Waals surface area contributed by atoms with Crippen molar-refractivity contribution in [2.75, 3.05) is 5.32 Å². The highest BCUT2D eigenvalue weighted by molar-refractivity contribution is 9.10. The summed E-state index contributed by atoms with van der Waals surface area (Å²) in [5.41, 5.74) is 3.25. The van der Waals surface area contributed by atoms with Crippen LogP contribution >= 0.6 is 27.3 Å². The van der Waals surface area contributed by atoms with Crippen molar-refractivity contribution >= 4 is 33.0 Å². The largest absolute Gasteiger partial charge is 0.380 e. The second-order valence-electron chi connectivity index (χ2n) is 3.56. The quantitative estimate of drug-likeness (QED) is 0.875. The first-order chi connectivity index (χ1) is 7.66. The highest BCUT2D eigenvalue weighted by Gasteiger charge is 2.03. The maximum absolute atomic E-state index is 13.0. The molecule has 0 atom stereocenters. The van der Waals surface area contributed by atoms with Crippen molar-refractivity contribution in [3.63, 3.8) is 0 Å². The van der Waals surface area contributed by atoms with Crippen LogP contribution in [0.2, 0.25) is 0 Å². The predicted molar refractivity (Wildman–Crippen MR) is 70.5 cm³/mol. The number of benzene rings is 1. The summed E-state index contributed by atoms with van der Waals surface area (Å²) in [5, 5.41) is 7.44. The van der Waals surface area contributed by atoms with E-state index in [-0.39, 0.29) is 5.82 Å². The van der Waals surface area contributed by atoms with Crippen LogP contribution in [0.25, 0.3) is 0 Å². The average molecular weight is 300 g/mol. The van der Waals surface area contributed by atoms with E-state index in [0.717, 1.165) is 15.7 Å². The molecule has 0 aliphatic heterocycles. The number of anilines is 1. The molecule has 4 heteroatoms. The first kappa shape index (κ1) is 11.6. The van der Waals surface area contributed by atoms with Gasteiger partial charge in [-0.05, 0) is 41.6 Å². The SMILES string of the molecule is Cc1cscc1NCc1cc(F)ccc1Br. The lowest BCUT2D eigenvalue weighted by molar-refractivity contribution is 0.625. The molecule has 0 saturated heterocycles. The molecule has 0 saturated carbocycles. The van der Waals surface area contributed by atoms with Crippen molar-refractivity contribution in [2.24, 2.45) is 0 Å². The van der Waals surface area contributed by atoms with Crippen molar-refractivity contribution < 1.29 is 4.39 Å². The Bertz CT molecular complexity index is 496. The third-order valence-electron chi connectivity index (χ3n) is 2.33. The number of aryl methyl sites for hydroxylation is 1. The number of hydrogen-bond acceptors (Lipinski definition) is 2. The lowest BCUT2D eigenvalue weighted by atomic mass is 10.2. The summed E-state index contributed by atoms with van der Waals surface area (Å²) in [4.78, 5) is 0.